The van der Waals surface area contributed by atoms with E-state index < -0.39 is 47.3 Å². The molecular formula is C23H21ClF3N5O5. The van der Waals surface area contributed by atoms with E-state index in [9.17, 15) is 37.1 Å². The van der Waals surface area contributed by atoms with Crippen molar-refractivity contribution >= 4 is 46.7 Å². The molecular weight excluding hydrogens is 519 g/mol. The minimum Gasteiger partial charge on any atom is -0.356 e. The Labute approximate surface area is 213 Å². The Morgan fingerprint density at radius 3 is 2.51 bits per heavy atom. The van der Waals surface area contributed by atoms with Crippen molar-refractivity contribution in [3.63, 3.8) is 0 Å². The molecule has 10 nitrogen and oxygen atoms in total. The molecule has 0 spiro atoms. The van der Waals surface area contributed by atoms with Crippen molar-refractivity contribution in [2.45, 2.75) is 25.1 Å². The van der Waals surface area contributed by atoms with E-state index in [-0.39, 0.29) is 34.2 Å². The molecule has 3 rings (SSSR count). The fourth-order valence-electron chi connectivity index (χ4n) is 3.64. The van der Waals surface area contributed by atoms with Gasteiger partial charge in [0.25, 0.3) is 17.7 Å². The van der Waals surface area contributed by atoms with Crippen molar-refractivity contribution in [1.82, 2.24) is 20.9 Å². The summed E-state index contributed by atoms with van der Waals surface area (Å²) in [5.74, 6) is -4.79. The topological polar surface area (TPSA) is 146 Å². The Balaban J connectivity index is 1.86. The quantitative estimate of drug-likeness (QED) is 0.377. The number of carbonyl (C=O) groups is 5. The zero-order valence-corrected chi connectivity index (χ0v) is 20.0. The predicted octanol–water partition coefficient (Wildman–Crippen LogP) is 1.95. The second kappa shape index (κ2) is 11.4. The monoisotopic (exact) mass is 539 g/mol. The minimum absolute atomic E-state index is 0.0794. The van der Waals surface area contributed by atoms with E-state index >= 15 is 0 Å². The SMILES string of the molecule is CNC(=O)C(=O)C(CC1CCNC1=O)NC(=O)c1cc(Cl)ccc1NC(=O)c1ccnc(C(F)(F)F)c1. The molecule has 0 aliphatic carbocycles. The van der Waals surface area contributed by atoms with Crippen molar-refractivity contribution in [2.24, 2.45) is 5.92 Å². The summed E-state index contributed by atoms with van der Waals surface area (Å²) < 4.78 is 38.9. The Morgan fingerprint density at radius 2 is 1.89 bits per heavy atom. The number of hydrogen-bond acceptors (Lipinski definition) is 6. The maximum Gasteiger partial charge on any atom is 0.433 e. The lowest BCUT2D eigenvalue weighted by Crippen LogP contribution is -2.48. The molecule has 1 aromatic carbocycles. The average Bonchev–Trinajstić information content (AvgIpc) is 3.27. The third-order valence-electron chi connectivity index (χ3n) is 5.54. The van der Waals surface area contributed by atoms with Gasteiger partial charge in [0.2, 0.25) is 11.7 Å². The number of hydrogen-bond donors (Lipinski definition) is 4. The standard InChI is InChI=1S/C23H21ClF3N5O5/c1-28-22(37)18(33)16(8-11-5-7-30-19(11)34)32-21(36)14-10-13(24)2-3-15(14)31-20(35)12-4-6-29-17(9-12)23(25,26)27/h2-4,6,9-11,16H,5,7-8H2,1H3,(H,28,37)(H,30,34)(H,31,35)(H,32,36). The Morgan fingerprint density at radius 1 is 1.16 bits per heavy atom. The van der Waals surface area contributed by atoms with Crippen molar-refractivity contribution in [2.75, 3.05) is 18.9 Å². The van der Waals surface area contributed by atoms with E-state index in [4.69, 9.17) is 11.6 Å². The van der Waals surface area contributed by atoms with Crippen LogP contribution in [0.2, 0.25) is 5.02 Å². The van der Waals surface area contributed by atoms with Crippen LogP contribution in [-0.4, -0.2) is 54.0 Å². The summed E-state index contributed by atoms with van der Waals surface area (Å²) in [5.41, 5.74) is -2.00. The highest BCUT2D eigenvalue weighted by atomic mass is 35.5. The van der Waals surface area contributed by atoms with E-state index in [1.54, 1.807) is 0 Å². The Hall–Kier alpha value is -4.00. The van der Waals surface area contributed by atoms with Gasteiger partial charge in [0.1, 0.15) is 5.69 Å². The number of likely N-dealkylation sites (N-methyl/N-ethyl adjacent to an activating group) is 1. The van der Waals surface area contributed by atoms with Crippen molar-refractivity contribution in [3.8, 4) is 0 Å². The van der Waals surface area contributed by atoms with Crippen LogP contribution >= 0.6 is 11.6 Å². The zero-order chi connectivity index (χ0) is 27.3. The van der Waals surface area contributed by atoms with E-state index in [1.165, 1.54) is 25.2 Å². The molecule has 1 aromatic heterocycles. The van der Waals surface area contributed by atoms with Crippen LogP contribution in [0, 0.1) is 5.92 Å². The summed E-state index contributed by atoms with van der Waals surface area (Å²) in [6.07, 6.45) is -3.70. The van der Waals surface area contributed by atoms with Gasteiger partial charge in [-0.25, -0.2) is 0 Å². The number of amides is 4. The number of Topliss-reactive ketones (excluding diaryl/α,β-unsaturated/α-hetero) is 1. The molecule has 1 saturated heterocycles. The maximum absolute atomic E-state index is 13.1. The smallest absolute Gasteiger partial charge is 0.356 e. The van der Waals surface area contributed by atoms with Crippen LogP contribution in [0.15, 0.2) is 36.5 Å². The number of nitrogens with zero attached hydrogens (tertiary/aromatic N) is 1. The molecule has 1 fully saturated rings. The molecule has 2 aromatic rings. The first kappa shape index (κ1) is 27.6. The molecule has 4 N–H and O–H groups in total. The molecule has 0 saturated carbocycles. The van der Waals surface area contributed by atoms with E-state index in [0.717, 1.165) is 12.3 Å². The number of anilines is 1. The summed E-state index contributed by atoms with van der Waals surface area (Å²) in [6, 6.07) is 3.99. The predicted molar refractivity (Wildman–Crippen MR) is 125 cm³/mol. The number of carbonyl (C=O) groups excluding carboxylic acids is 5. The number of alkyl halides is 3. The molecule has 14 heteroatoms. The molecule has 0 radical (unpaired) electrons. The van der Waals surface area contributed by atoms with E-state index in [1.807, 2.05) is 0 Å². The number of ketones is 1. The van der Waals surface area contributed by atoms with Gasteiger partial charge in [-0.05, 0) is 43.2 Å². The fraction of sp³-hybridized carbons (Fsp3) is 0.304. The van der Waals surface area contributed by atoms with Crippen LogP contribution in [0.4, 0.5) is 18.9 Å². The second-order valence-corrected chi connectivity index (χ2v) is 8.49. The summed E-state index contributed by atoms with van der Waals surface area (Å²) in [4.78, 5) is 65.6. The summed E-state index contributed by atoms with van der Waals surface area (Å²) in [5, 5.41) is 9.61. The van der Waals surface area contributed by atoms with Gasteiger partial charge in [0.05, 0.1) is 17.3 Å². The third-order valence-corrected chi connectivity index (χ3v) is 5.78. The van der Waals surface area contributed by atoms with Crippen LogP contribution in [0.1, 0.15) is 39.3 Å². The van der Waals surface area contributed by atoms with Crippen molar-refractivity contribution < 1.29 is 37.1 Å². The first-order valence-corrected chi connectivity index (χ1v) is 11.3. The normalized spacial score (nSPS) is 15.9. The zero-order valence-electron chi connectivity index (χ0n) is 19.2. The molecule has 2 atom stereocenters. The van der Waals surface area contributed by atoms with Crippen LogP contribution in [0.5, 0.6) is 0 Å². The molecule has 1 aliphatic heterocycles. The molecule has 37 heavy (non-hydrogen) atoms. The second-order valence-electron chi connectivity index (χ2n) is 8.05. The lowest BCUT2D eigenvalue weighted by atomic mass is 9.95. The maximum atomic E-state index is 13.1. The largest absolute Gasteiger partial charge is 0.433 e. The summed E-state index contributed by atoms with van der Waals surface area (Å²) >= 11 is 6.00. The molecule has 196 valence electrons. The first-order valence-electron chi connectivity index (χ1n) is 10.9. The number of halogens is 4. The van der Waals surface area contributed by atoms with Gasteiger partial charge in [-0.3, -0.25) is 29.0 Å². The summed E-state index contributed by atoms with van der Waals surface area (Å²) in [6.45, 7) is 0.383. The molecule has 1 aliphatic rings. The lowest BCUT2D eigenvalue weighted by molar-refractivity contribution is -0.141. The number of aromatic nitrogens is 1. The minimum atomic E-state index is -4.77. The Bertz CT molecular complexity index is 1250. The fourth-order valence-corrected chi connectivity index (χ4v) is 3.81. The van der Waals surface area contributed by atoms with Crippen molar-refractivity contribution in [1.29, 1.82) is 0 Å². The molecule has 2 unspecified atom stereocenters. The molecule has 0 bridgehead atoms. The van der Waals surface area contributed by atoms with Gasteiger partial charge in [-0.1, -0.05) is 11.6 Å². The lowest BCUT2D eigenvalue weighted by Gasteiger charge is -2.20. The van der Waals surface area contributed by atoms with E-state index in [0.29, 0.717) is 19.0 Å². The highest BCUT2D eigenvalue weighted by molar-refractivity contribution is 6.38. The van der Waals surface area contributed by atoms with Gasteiger partial charge in [0, 0.05) is 36.3 Å². The molecule has 4 amide bonds. The number of rotatable bonds is 8. The van der Waals surface area contributed by atoms with Crippen LogP contribution in [0.25, 0.3) is 0 Å². The van der Waals surface area contributed by atoms with Gasteiger partial charge in [-0.2, -0.15) is 13.2 Å². The summed E-state index contributed by atoms with van der Waals surface area (Å²) in [7, 11) is 1.23. The first-order chi connectivity index (χ1) is 17.4. The molecule has 2 heterocycles. The van der Waals surface area contributed by atoms with Crippen LogP contribution in [-0.2, 0) is 20.6 Å². The average molecular weight is 540 g/mol. The highest BCUT2D eigenvalue weighted by Crippen LogP contribution is 2.28. The van der Waals surface area contributed by atoms with Gasteiger partial charge in [-0.15, -0.1) is 0 Å². The van der Waals surface area contributed by atoms with Crippen molar-refractivity contribution in [3.05, 3.63) is 58.4 Å². The van der Waals surface area contributed by atoms with E-state index in [2.05, 4.69) is 26.3 Å². The van der Waals surface area contributed by atoms with Gasteiger partial charge < -0.3 is 21.3 Å². The highest BCUT2D eigenvalue weighted by Gasteiger charge is 2.35. The third kappa shape index (κ3) is 6.82. The Kier molecular flexibility index (Phi) is 8.48. The van der Waals surface area contributed by atoms with Gasteiger partial charge >= 0.3 is 6.18 Å². The van der Waals surface area contributed by atoms with Gasteiger partial charge in [0.15, 0.2) is 0 Å². The number of pyridine rings is 1. The number of nitrogens with one attached hydrogen (secondary N) is 4. The number of benzene rings is 1. The van der Waals surface area contributed by atoms with Crippen LogP contribution in [0.3, 0.4) is 0 Å². The van der Waals surface area contributed by atoms with Crippen LogP contribution < -0.4 is 21.3 Å².